The number of benzene rings is 1. The Hall–Kier alpha value is -4.15. The highest BCUT2D eigenvalue weighted by Gasteiger charge is 2.19. The third-order valence-corrected chi connectivity index (χ3v) is 4.60. The molecule has 0 aliphatic heterocycles. The van der Waals surface area contributed by atoms with Crippen LogP contribution < -0.4 is 19.8 Å². The van der Waals surface area contributed by atoms with Crippen LogP contribution in [0.15, 0.2) is 35.4 Å². The van der Waals surface area contributed by atoms with Crippen LogP contribution in [0, 0.1) is 0 Å². The quantitative estimate of drug-likeness (QED) is 0.447. The number of hydrogen-bond donors (Lipinski definition) is 0. The van der Waals surface area contributed by atoms with E-state index in [0.717, 1.165) is 0 Å². The van der Waals surface area contributed by atoms with E-state index in [0.29, 0.717) is 28.5 Å². The van der Waals surface area contributed by atoms with Gasteiger partial charge in [-0.3, -0.25) is 9.36 Å². The Morgan fingerprint density at radius 2 is 1.70 bits per heavy atom. The van der Waals surface area contributed by atoms with Gasteiger partial charge in [-0.1, -0.05) is 0 Å². The first-order chi connectivity index (χ1) is 14.5. The van der Waals surface area contributed by atoms with Crippen molar-refractivity contribution in [2.24, 2.45) is 0 Å². The van der Waals surface area contributed by atoms with Crippen LogP contribution in [0.5, 0.6) is 17.2 Å². The molecule has 11 nitrogen and oxygen atoms in total. The largest absolute Gasteiger partial charge is 0.493 e. The van der Waals surface area contributed by atoms with Crippen LogP contribution in [-0.4, -0.2) is 58.8 Å². The normalized spacial score (nSPS) is 10.9. The third-order valence-electron chi connectivity index (χ3n) is 4.60. The second-order valence-electron chi connectivity index (χ2n) is 6.09. The molecule has 4 rings (SSSR count). The van der Waals surface area contributed by atoms with Gasteiger partial charge in [-0.15, -0.1) is 10.2 Å². The zero-order valence-corrected chi connectivity index (χ0v) is 16.6. The van der Waals surface area contributed by atoms with Crippen LogP contribution in [-0.2, 0) is 4.74 Å². The van der Waals surface area contributed by atoms with Crippen LogP contribution in [0.2, 0.25) is 0 Å². The highest BCUT2D eigenvalue weighted by Crippen LogP contribution is 2.39. The van der Waals surface area contributed by atoms with Crippen molar-refractivity contribution in [3.05, 3.63) is 46.5 Å². The summed E-state index contributed by atoms with van der Waals surface area (Å²) < 4.78 is 23.5. The molecule has 0 unspecified atom stereocenters. The van der Waals surface area contributed by atoms with Gasteiger partial charge < -0.3 is 18.9 Å². The first-order valence-corrected chi connectivity index (χ1v) is 8.68. The summed E-state index contributed by atoms with van der Waals surface area (Å²) in [5.74, 6) is 0.612. The number of rotatable bonds is 5. The second-order valence-corrected chi connectivity index (χ2v) is 6.09. The molecule has 0 spiro atoms. The molecule has 0 atom stereocenters. The summed E-state index contributed by atoms with van der Waals surface area (Å²) in [4.78, 5) is 25.0. The van der Waals surface area contributed by atoms with Gasteiger partial charge in [-0.2, -0.15) is 5.10 Å². The predicted octanol–water partition coefficient (Wildman–Crippen LogP) is 1.24. The SMILES string of the molecule is COC(=O)c1cnn2c1nnc1c(=O)n(-c3cc(OC)c(OC)c(OC)c3)ccc12. The summed E-state index contributed by atoms with van der Waals surface area (Å²) in [6, 6.07) is 4.93. The molecule has 4 aromatic rings. The molecule has 0 aliphatic carbocycles. The molecule has 0 saturated heterocycles. The highest BCUT2D eigenvalue weighted by molar-refractivity contribution is 5.96. The van der Waals surface area contributed by atoms with Gasteiger partial charge in [-0.05, 0) is 6.07 Å². The fraction of sp³-hybridized carbons (Fsp3) is 0.211. The Kier molecular flexibility index (Phi) is 4.70. The molecule has 0 bridgehead atoms. The molecule has 0 amide bonds. The first-order valence-electron chi connectivity index (χ1n) is 8.68. The number of hydrogen-bond acceptors (Lipinski definition) is 9. The van der Waals surface area contributed by atoms with Crippen LogP contribution in [0.4, 0.5) is 0 Å². The Morgan fingerprint density at radius 1 is 1.00 bits per heavy atom. The van der Waals surface area contributed by atoms with Gasteiger partial charge in [-0.25, -0.2) is 9.31 Å². The topological polar surface area (TPSA) is 119 Å². The second kappa shape index (κ2) is 7.35. The number of fused-ring (bicyclic) bond motifs is 3. The third kappa shape index (κ3) is 2.79. The van der Waals surface area contributed by atoms with E-state index in [2.05, 4.69) is 15.3 Å². The number of esters is 1. The lowest BCUT2D eigenvalue weighted by molar-refractivity contribution is 0.0602. The van der Waals surface area contributed by atoms with Gasteiger partial charge in [0.15, 0.2) is 22.7 Å². The van der Waals surface area contributed by atoms with Crippen molar-refractivity contribution >= 4 is 22.6 Å². The van der Waals surface area contributed by atoms with Gasteiger partial charge in [0.05, 0.1) is 40.3 Å². The molecule has 11 heteroatoms. The summed E-state index contributed by atoms with van der Waals surface area (Å²) in [5, 5.41) is 12.2. The number of aromatic nitrogens is 5. The molecule has 30 heavy (non-hydrogen) atoms. The van der Waals surface area contributed by atoms with Gasteiger partial charge in [0, 0.05) is 18.3 Å². The Balaban J connectivity index is 1.94. The van der Waals surface area contributed by atoms with Crippen molar-refractivity contribution in [2.75, 3.05) is 28.4 Å². The minimum atomic E-state index is -0.593. The van der Waals surface area contributed by atoms with Crippen LogP contribution >= 0.6 is 0 Å². The Labute approximate surface area is 169 Å². The molecule has 0 saturated carbocycles. The molecular weight excluding hydrogens is 394 g/mol. The monoisotopic (exact) mass is 411 g/mol. The summed E-state index contributed by atoms with van der Waals surface area (Å²) in [5.41, 5.74) is 0.849. The molecule has 0 aliphatic rings. The van der Waals surface area contributed by atoms with Gasteiger partial charge in [0.2, 0.25) is 5.75 Å². The Morgan fingerprint density at radius 3 is 2.30 bits per heavy atom. The molecule has 0 N–H and O–H groups in total. The maximum absolute atomic E-state index is 13.1. The van der Waals surface area contributed by atoms with Crippen molar-refractivity contribution in [2.45, 2.75) is 0 Å². The van der Waals surface area contributed by atoms with Crippen molar-refractivity contribution < 1.29 is 23.7 Å². The summed E-state index contributed by atoms with van der Waals surface area (Å²) >= 11 is 0. The number of carbonyl (C=O) groups excluding carboxylic acids is 1. The van der Waals surface area contributed by atoms with Crippen molar-refractivity contribution in [1.29, 1.82) is 0 Å². The minimum absolute atomic E-state index is 0.0678. The standard InChI is InChI=1S/C19H17N5O6/c1-27-13-7-10(8-14(28-2)16(13)29-3)23-6-5-12-15(18(23)25)21-22-17-11(19(26)30-4)9-20-24(12)17/h5-9H,1-4H3. The Bertz CT molecular complexity index is 1320. The number of ether oxygens (including phenoxy) is 4. The van der Waals surface area contributed by atoms with Gasteiger partial charge in [0.25, 0.3) is 5.56 Å². The first kappa shape index (κ1) is 19.2. The fourth-order valence-electron chi connectivity index (χ4n) is 3.16. The number of pyridine rings is 1. The number of methoxy groups -OCH3 is 4. The molecule has 3 aromatic heterocycles. The smallest absolute Gasteiger partial charge is 0.343 e. The number of nitrogens with zero attached hydrogens (tertiary/aromatic N) is 5. The van der Waals surface area contributed by atoms with E-state index in [9.17, 15) is 9.59 Å². The summed E-state index contributed by atoms with van der Waals surface area (Å²) in [7, 11) is 5.73. The van der Waals surface area contributed by atoms with E-state index in [1.807, 2.05) is 0 Å². The molecular formula is C19H17N5O6. The van der Waals surface area contributed by atoms with Gasteiger partial charge >= 0.3 is 5.97 Å². The maximum atomic E-state index is 13.1. The van der Waals surface area contributed by atoms with Crippen molar-refractivity contribution in [3.63, 3.8) is 0 Å². The zero-order valence-electron chi connectivity index (χ0n) is 16.6. The lowest BCUT2D eigenvalue weighted by atomic mass is 10.2. The minimum Gasteiger partial charge on any atom is -0.493 e. The lowest BCUT2D eigenvalue weighted by Crippen LogP contribution is -2.20. The molecule has 0 radical (unpaired) electrons. The maximum Gasteiger partial charge on any atom is 0.343 e. The highest BCUT2D eigenvalue weighted by atomic mass is 16.5. The van der Waals surface area contributed by atoms with Crippen LogP contribution in [0.25, 0.3) is 22.4 Å². The van der Waals surface area contributed by atoms with E-state index in [-0.39, 0.29) is 16.7 Å². The summed E-state index contributed by atoms with van der Waals surface area (Å²) in [6.07, 6.45) is 2.88. The lowest BCUT2D eigenvalue weighted by Gasteiger charge is -2.15. The van der Waals surface area contributed by atoms with Crippen molar-refractivity contribution in [1.82, 2.24) is 24.4 Å². The van der Waals surface area contributed by atoms with E-state index in [1.54, 1.807) is 24.4 Å². The predicted molar refractivity (Wildman–Crippen MR) is 105 cm³/mol. The number of carbonyl (C=O) groups is 1. The van der Waals surface area contributed by atoms with Crippen LogP contribution in [0.3, 0.4) is 0 Å². The van der Waals surface area contributed by atoms with Crippen molar-refractivity contribution in [3.8, 4) is 22.9 Å². The van der Waals surface area contributed by atoms with E-state index in [1.165, 1.54) is 43.7 Å². The van der Waals surface area contributed by atoms with Crippen LogP contribution in [0.1, 0.15) is 10.4 Å². The zero-order chi connectivity index (χ0) is 21.4. The average Bonchev–Trinajstić information content (AvgIpc) is 3.22. The van der Waals surface area contributed by atoms with E-state index >= 15 is 0 Å². The summed E-state index contributed by atoms with van der Waals surface area (Å²) in [6.45, 7) is 0. The van der Waals surface area contributed by atoms with Gasteiger partial charge in [0.1, 0.15) is 11.1 Å². The molecule has 154 valence electrons. The molecule has 1 aromatic carbocycles. The average molecular weight is 411 g/mol. The molecule has 0 fully saturated rings. The van der Waals surface area contributed by atoms with E-state index < -0.39 is 11.5 Å². The molecule has 3 heterocycles. The van der Waals surface area contributed by atoms with E-state index in [4.69, 9.17) is 18.9 Å². The fourth-order valence-corrected chi connectivity index (χ4v) is 3.16.